The van der Waals surface area contributed by atoms with Crippen molar-refractivity contribution in [1.29, 1.82) is 0 Å². The average Bonchev–Trinajstić information content (AvgIpc) is 2.47. The van der Waals surface area contributed by atoms with E-state index in [1.165, 1.54) is 0 Å². The van der Waals surface area contributed by atoms with Crippen molar-refractivity contribution in [3.8, 4) is 0 Å². The summed E-state index contributed by atoms with van der Waals surface area (Å²) in [6.45, 7) is 12.5. The standard InChI is InChI=1S/C15H25NO5/c1-10(2)5-19-13-8-18-7-12(16)15(17)21-9-14(13)20-6-11(3)4/h12-14H,1,3,5-9,16H2,2,4H3/t12-,13+,14+/m1/s1. The summed E-state index contributed by atoms with van der Waals surface area (Å²) in [7, 11) is 0. The molecule has 6 nitrogen and oxygen atoms in total. The van der Waals surface area contributed by atoms with E-state index in [1.807, 2.05) is 13.8 Å². The maximum atomic E-state index is 11.6. The number of cyclic esters (lactones) is 1. The van der Waals surface area contributed by atoms with Crippen LogP contribution in [0.3, 0.4) is 0 Å². The van der Waals surface area contributed by atoms with Crippen molar-refractivity contribution in [1.82, 2.24) is 0 Å². The Labute approximate surface area is 125 Å². The van der Waals surface area contributed by atoms with Gasteiger partial charge in [0.1, 0.15) is 24.9 Å². The number of carbonyl (C=O) groups is 1. The predicted molar refractivity (Wildman–Crippen MR) is 78.9 cm³/mol. The largest absolute Gasteiger partial charge is 0.462 e. The lowest BCUT2D eigenvalue weighted by molar-refractivity contribution is -0.152. The number of rotatable bonds is 6. The van der Waals surface area contributed by atoms with Crippen molar-refractivity contribution in [3.05, 3.63) is 24.3 Å². The Bertz CT molecular complexity index is 382. The number of nitrogens with two attached hydrogens (primary N) is 1. The Kier molecular flexibility index (Phi) is 7.60. The van der Waals surface area contributed by atoms with Crippen LogP contribution in [-0.2, 0) is 23.7 Å². The first kappa shape index (κ1) is 17.8. The van der Waals surface area contributed by atoms with Crippen molar-refractivity contribution >= 4 is 5.97 Å². The maximum absolute atomic E-state index is 11.6. The molecule has 0 aliphatic carbocycles. The van der Waals surface area contributed by atoms with E-state index in [2.05, 4.69) is 13.2 Å². The third kappa shape index (κ3) is 6.86. The molecule has 21 heavy (non-hydrogen) atoms. The molecule has 0 radical (unpaired) electrons. The SMILES string of the molecule is C=C(C)CO[C@H]1COC[C@@H](N)C(=O)OC[C@@H]1OCC(=C)C. The van der Waals surface area contributed by atoms with Gasteiger partial charge in [0.15, 0.2) is 0 Å². The summed E-state index contributed by atoms with van der Waals surface area (Å²) in [6.07, 6.45) is -0.797. The topological polar surface area (TPSA) is 80.0 Å². The molecule has 1 heterocycles. The Balaban J connectivity index is 2.71. The Morgan fingerprint density at radius 2 is 1.67 bits per heavy atom. The highest BCUT2D eigenvalue weighted by molar-refractivity contribution is 5.75. The number of carbonyl (C=O) groups excluding carboxylic acids is 1. The Morgan fingerprint density at radius 1 is 1.14 bits per heavy atom. The summed E-state index contributed by atoms with van der Waals surface area (Å²) in [5, 5.41) is 0. The molecule has 1 fully saturated rings. The van der Waals surface area contributed by atoms with E-state index < -0.39 is 18.1 Å². The van der Waals surface area contributed by atoms with Gasteiger partial charge in [0.05, 0.1) is 26.4 Å². The molecule has 0 spiro atoms. The van der Waals surface area contributed by atoms with Crippen LogP contribution in [0.5, 0.6) is 0 Å². The van der Waals surface area contributed by atoms with Gasteiger partial charge < -0.3 is 24.7 Å². The van der Waals surface area contributed by atoms with Crippen molar-refractivity contribution in [2.24, 2.45) is 5.73 Å². The average molecular weight is 299 g/mol. The smallest absolute Gasteiger partial charge is 0.325 e. The van der Waals surface area contributed by atoms with E-state index >= 15 is 0 Å². The van der Waals surface area contributed by atoms with Crippen LogP contribution < -0.4 is 5.73 Å². The van der Waals surface area contributed by atoms with Gasteiger partial charge in [0.25, 0.3) is 0 Å². The van der Waals surface area contributed by atoms with Crippen molar-refractivity contribution in [2.45, 2.75) is 32.1 Å². The molecule has 1 saturated heterocycles. The third-order valence-corrected chi connectivity index (χ3v) is 2.77. The van der Waals surface area contributed by atoms with Gasteiger partial charge in [-0.1, -0.05) is 24.3 Å². The molecule has 2 N–H and O–H groups in total. The minimum Gasteiger partial charge on any atom is -0.462 e. The molecule has 3 atom stereocenters. The lowest BCUT2D eigenvalue weighted by Gasteiger charge is -2.26. The summed E-state index contributed by atoms with van der Waals surface area (Å²) in [5.74, 6) is -0.500. The van der Waals surface area contributed by atoms with Gasteiger partial charge in [-0.3, -0.25) is 4.79 Å². The van der Waals surface area contributed by atoms with Crippen LogP contribution in [0.25, 0.3) is 0 Å². The van der Waals surface area contributed by atoms with E-state index in [4.69, 9.17) is 24.7 Å². The third-order valence-electron chi connectivity index (χ3n) is 2.77. The zero-order chi connectivity index (χ0) is 15.8. The summed E-state index contributed by atoms with van der Waals surface area (Å²) >= 11 is 0. The van der Waals surface area contributed by atoms with Gasteiger partial charge in [-0.25, -0.2) is 0 Å². The van der Waals surface area contributed by atoms with Gasteiger partial charge in [-0.15, -0.1) is 0 Å². The van der Waals surface area contributed by atoms with Gasteiger partial charge in [-0.2, -0.15) is 0 Å². The van der Waals surface area contributed by atoms with E-state index in [0.29, 0.717) is 13.2 Å². The molecule has 1 rings (SSSR count). The van der Waals surface area contributed by atoms with Crippen LogP contribution in [0.4, 0.5) is 0 Å². The zero-order valence-electron chi connectivity index (χ0n) is 12.8. The highest BCUT2D eigenvalue weighted by Gasteiger charge is 2.29. The Hall–Kier alpha value is -1.21. The fourth-order valence-corrected chi connectivity index (χ4v) is 1.67. The molecule has 1 aliphatic rings. The summed E-state index contributed by atoms with van der Waals surface area (Å²) in [6, 6.07) is -0.785. The predicted octanol–water partition coefficient (Wildman–Crippen LogP) is 0.810. The summed E-state index contributed by atoms with van der Waals surface area (Å²) in [4.78, 5) is 11.6. The molecule has 6 heteroatoms. The number of hydrogen-bond acceptors (Lipinski definition) is 6. The van der Waals surface area contributed by atoms with Crippen molar-refractivity contribution < 1.29 is 23.7 Å². The number of hydrogen-bond donors (Lipinski definition) is 1. The zero-order valence-corrected chi connectivity index (χ0v) is 12.8. The minimum absolute atomic E-state index is 0.0734. The number of esters is 1. The van der Waals surface area contributed by atoms with E-state index in [-0.39, 0.29) is 25.9 Å². The maximum Gasteiger partial charge on any atom is 0.325 e. The Morgan fingerprint density at radius 3 is 2.19 bits per heavy atom. The number of ether oxygens (including phenoxy) is 4. The van der Waals surface area contributed by atoms with Crippen LogP contribution in [-0.4, -0.2) is 57.3 Å². The van der Waals surface area contributed by atoms with Crippen LogP contribution in [0.15, 0.2) is 24.3 Å². The lowest BCUT2D eigenvalue weighted by Crippen LogP contribution is -2.39. The molecule has 0 saturated carbocycles. The highest BCUT2D eigenvalue weighted by Crippen LogP contribution is 2.12. The monoisotopic (exact) mass is 299 g/mol. The van der Waals surface area contributed by atoms with E-state index in [9.17, 15) is 4.79 Å². The molecular formula is C15H25NO5. The second-order valence-corrected chi connectivity index (χ2v) is 5.39. The first-order valence-corrected chi connectivity index (χ1v) is 6.92. The van der Waals surface area contributed by atoms with Gasteiger partial charge in [-0.05, 0) is 13.8 Å². The minimum atomic E-state index is -0.785. The van der Waals surface area contributed by atoms with Crippen LogP contribution >= 0.6 is 0 Å². The van der Waals surface area contributed by atoms with Crippen LogP contribution in [0.2, 0.25) is 0 Å². The molecule has 0 aromatic carbocycles. The lowest BCUT2D eigenvalue weighted by atomic mass is 10.2. The molecule has 0 aromatic heterocycles. The van der Waals surface area contributed by atoms with Gasteiger partial charge >= 0.3 is 5.97 Å². The van der Waals surface area contributed by atoms with E-state index in [0.717, 1.165) is 11.1 Å². The quantitative estimate of drug-likeness (QED) is 0.577. The van der Waals surface area contributed by atoms with Gasteiger partial charge in [0.2, 0.25) is 0 Å². The normalized spacial score (nSPS) is 27.2. The van der Waals surface area contributed by atoms with E-state index in [1.54, 1.807) is 0 Å². The molecule has 0 bridgehead atoms. The van der Waals surface area contributed by atoms with Crippen LogP contribution in [0, 0.1) is 0 Å². The van der Waals surface area contributed by atoms with Crippen molar-refractivity contribution in [2.75, 3.05) is 33.0 Å². The van der Waals surface area contributed by atoms with Crippen LogP contribution in [0.1, 0.15) is 13.8 Å². The fourth-order valence-electron chi connectivity index (χ4n) is 1.67. The molecule has 120 valence electrons. The summed E-state index contributed by atoms with van der Waals surface area (Å²) < 4.78 is 22.0. The first-order chi connectivity index (χ1) is 9.90. The molecular weight excluding hydrogens is 274 g/mol. The molecule has 0 unspecified atom stereocenters. The second-order valence-electron chi connectivity index (χ2n) is 5.39. The molecule has 1 aliphatic heterocycles. The first-order valence-electron chi connectivity index (χ1n) is 6.92. The fraction of sp³-hybridized carbons (Fsp3) is 0.667. The summed E-state index contributed by atoms with van der Waals surface area (Å²) in [5.41, 5.74) is 7.41. The molecule has 0 amide bonds. The van der Waals surface area contributed by atoms with Crippen molar-refractivity contribution in [3.63, 3.8) is 0 Å². The second kappa shape index (κ2) is 8.94. The highest BCUT2D eigenvalue weighted by atomic mass is 16.6. The van der Waals surface area contributed by atoms with Gasteiger partial charge in [0, 0.05) is 0 Å². The molecule has 0 aromatic rings.